The predicted molar refractivity (Wildman–Crippen MR) is 70.7 cm³/mol. The number of rotatable bonds is 6. The number of nitrogens with two attached hydrogens (primary N) is 1. The van der Waals surface area contributed by atoms with E-state index in [1.807, 2.05) is 24.3 Å². The van der Waals surface area contributed by atoms with Crippen molar-refractivity contribution in [3.05, 3.63) is 29.8 Å². The van der Waals surface area contributed by atoms with E-state index in [-0.39, 0.29) is 25.1 Å². The van der Waals surface area contributed by atoms with Crippen molar-refractivity contribution in [2.45, 2.75) is 32.4 Å². The smallest absolute Gasteiger partial charge is 0.0584 e. The Kier molecular flexibility index (Phi) is 7.99. The first-order valence-corrected chi connectivity index (χ1v) is 5.45. The molecule has 0 aromatic heterocycles. The highest BCUT2D eigenvalue weighted by molar-refractivity contribution is 5.85. The minimum Gasteiger partial charge on any atom is -0.399 e. The fourth-order valence-electron chi connectivity index (χ4n) is 1.57. The summed E-state index contributed by atoms with van der Waals surface area (Å²) in [6.07, 6.45) is 2.08. The number of hydrogen-bond acceptors (Lipinski definition) is 3. The molecule has 1 aromatic rings. The second kappa shape index (κ2) is 8.39. The molecule has 0 aliphatic rings. The van der Waals surface area contributed by atoms with Crippen LogP contribution in [0.15, 0.2) is 24.3 Å². The molecule has 0 aliphatic carbocycles. The van der Waals surface area contributed by atoms with E-state index in [2.05, 4.69) is 12.2 Å². The number of hydrogen-bond donors (Lipinski definition) is 3. The van der Waals surface area contributed by atoms with Crippen molar-refractivity contribution in [2.75, 3.05) is 12.3 Å². The van der Waals surface area contributed by atoms with E-state index in [0.29, 0.717) is 0 Å². The number of anilines is 1. The van der Waals surface area contributed by atoms with E-state index < -0.39 is 0 Å². The van der Waals surface area contributed by atoms with Crippen molar-refractivity contribution in [2.24, 2.45) is 0 Å². The lowest BCUT2D eigenvalue weighted by Crippen LogP contribution is -2.31. The lowest BCUT2D eigenvalue weighted by Gasteiger charge is -2.15. The van der Waals surface area contributed by atoms with Gasteiger partial charge in [0.15, 0.2) is 0 Å². The van der Waals surface area contributed by atoms with Crippen molar-refractivity contribution in [1.29, 1.82) is 0 Å². The molecule has 0 fully saturated rings. The van der Waals surface area contributed by atoms with Crippen LogP contribution >= 0.6 is 12.4 Å². The van der Waals surface area contributed by atoms with Gasteiger partial charge in [-0.2, -0.15) is 0 Å². The molecule has 0 radical (unpaired) electrons. The van der Waals surface area contributed by atoms with Crippen LogP contribution < -0.4 is 11.1 Å². The Bertz CT molecular complexity index is 294. The van der Waals surface area contributed by atoms with Gasteiger partial charge in [-0.3, -0.25) is 0 Å². The Morgan fingerprint density at radius 1 is 1.44 bits per heavy atom. The van der Waals surface area contributed by atoms with Gasteiger partial charge in [0.25, 0.3) is 0 Å². The fraction of sp³-hybridized carbons (Fsp3) is 0.500. The van der Waals surface area contributed by atoms with Gasteiger partial charge in [0.2, 0.25) is 0 Å². The van der Waals surface area contributed by atoms with Crippen LogP contribution in [0.25, 0.3) is 0 Å². The lowest BCUT2D eigenvalue weighted by molar-refractivity contribution is 0.234. The number of aliphatic hydroxyl groups is 1. The van der Waals surface area contributed by atoms with E-state index >= 15 is 0 Å². The van der Waals surface area contributed by atoms with E-state index in [4.69, 9.17) is 10.8 Å². The topological polar surface area (TPSA) is 58.3 Å². The second-order valence-electron chi connectivity index (χ2n) is 3.79. The van der Waals surface area contributed by atoms with E-state index in [9.17, 15) is 0 Å². The first kappa shape index (κ1) is 15.2. The molecule has 0 aliphatic heterocycles. The predicted octanol–water partition coefficient (Wildman–Crippen LogP) is 1.94. The largest absolute Gasteiger partial charge is 0.399 e. The van der Waals surface area contributed by atoms with Crippen molar-refractivity contribution < 1.29 is 5.11 Å². The average Bonchev–Trinajstić information content (AvgIpc) is 2.24. The van der Waals surface area contributed by atoms with Gasteiger partial charge in [0.05, 0.1) is 6.61 Å². The molecule has 92 valence electrons. The summed E-state index contributed by atoms with van der Waals surface area (Å²) in [5, 5.41) is 12.4. The summed E-state index contributed by atoms with van der Waals surface area (Å²) in [5.74, 6) is 0. The normalized spacial score (nSPS) is 11.9. The minimum absolute atomic E-state index is 0. The van der Waals surface area contributed by atoms with Crippen LogP contribution in [0.3, 0.4) is 0 Å². The van der Waals surface area contributed by atoms with Gasteiger partial charge >= 0.3 is 0 Å². The summed E-state index contributed by atoms with van der Waals surface area (Å²) in [7, 11) is 0. The lowest BCUT2D eigenvalue weighted by atomic mass is 10.1. The third kappa shape index (κ3) is 5.35. The summed E-state index contributed by atoms with van der Waals surface area (Å²) in [4.78, 5) is 0. The number of aliphatic hydroxyl groups excluding tert-OH is 1. The minimum atomic E-state index is 0. The molecule has 0 saturated heterocycles. The first-order chi connectivity index (χ1) is 7.26. The molecule has 0 saturated carbocycles. The van der Waals surface area contributed by atoms with Gasteiger partial charge in [0, 0.05) is 18.3 Å². The van der Waals surface area contributed by atoms with Gasteiger partial charge in [-0.1, -0.05) is 25.5 Å². The van der Waals surface area contributed by atoms with Gasteiger partial charge in [0.1, 0.15) is 0 Å². The molecule has 0 spiro atoms. The second-order valence-corrected chi connectivity index (χ2v) is 3.79. The number of halogens is 1. The summed E-state index contributed by atoms with van der Waals surface area (Å²) >= 11 is 0. The molecule has 16 heavy (non-hydrogen) atoms. The molecule has 1 atom stereocenters. The Balaban J connectivity index is 0.00000225. The maximum atomic E-state index is 9.10. The molecule has 1 unspecified atom stereocenters. The molecule has 1 rings (SSSR count). The summed E-state index contributed by atoms with van der Waals surface area (Å²) in [6.45, 7) is 3.07. The first-order valence-electron chi connectivity index (χ1n) is 5.45. The van der Waals surface area contributed by atoms with Gasteiger partial charge < -0.3 is 16.2 Å². The Labute approximate surface area is 103 Å². The van der Waals surface area contributed by atoms with Gasteiger partial charge in [-0.25, -0.2) is 0 Å². The standard InChI is InChI=1S/C12H20N2O.ClH/c1-2-4-12(9-15)14-8-10-5-3-6-11(13)7-10;/h3,5-7,12,14-15H,2,4,8-9,13H2,1H3;1H. The fourth-order valence-corrected chi connectivity index (χ4v) is 1.57. The zero-order valence-electron chi connectivity index (χ0n) is 9.65. The maximum absolute atomic E-state index is 9.10. The molecule has 0 amide bonds. The zero-order valence-corrected chi connectivity index (χ0v) is 10.5. The van der Waals surface area contributed by atoms with Crippen LogP contribution in [0, 0.1) is 0 Å². The molecule has 0 heterocycles. The summed E-state index contributed by atoms with van der Waals surface area (Å²) < 4.78 is 0. The third-order valence-corrected chi connectivity index (χ3v) is 2.40. The molecular weight excluding hydrogens is 224 g/mol. The van der Waals surface area contributed by atoms with Crippen molar-refractivity contribution >= 4 is 18.1 Å². The van der Waals surface area contributed by atoms with Crippen molar-refractivity contribution in [3.8, 4) is 0 Å². The Hall–Kier alpha value is -0.770. The summed E-state index contributed by atoms with van der Waals surface area (Å²) in [6, 6.07) is 7.99. The van der Waals surface area contributed by atoms with Crippen molar-refractivity contribution in [3.63, 3.8) is 0 Å². The Morgan fingerprint density at radius 2 is 2.19 bits per heavy atom. The van der Waals surface area contributed by atoms with Crippen LogP contribution in [-0.2, 0) is 6.54 Å². The number of benzene rings is 1. The van der Waals surface area contributed by atoms with Crippen LogP contribution in [0.1, 0.15) is 25.3 Å². The van der Waals surface area contributed by atoms with E-state index in [1.165, 1.54) is 0 Å². The highest BCUT2D eigenvalue weighted by Crippen LogP contribution is 2.06. The zero-order chi connectivity index (χ0) is 11.1. The molecule has 3 nitrogen and oxygen atoms in total. The average molecular weight is 245 g/mol. The van der Waals surface area contributed by atoms with E-state index in [1.54, 1.807) is 0 Å². The van der Waals surface area contributed by atoms with Crippen molar-refractivity contribution in [1.82, 2.24) is 5.32 Å². The number of nitrogen functional groups attached to an aromatic ring is 1. The van der Waals surface area contributed by atoms with Gasteiger partial charge in [-0.05, 0) is 24.1 Å². The van der Waals surface area contributed by atoms with Crippen LogP contribution in [0.4, 0.5) is 5.69 Å². The third-order valence-electron chi connectivity index (χ3n) is 2.40. The van der Waals surface area contributed by atoms with Crippen LogP contribution in [0.5, 0.6) is 0 Å². The molecule has 1 aromatic carbocycles. The molecular formula is C12H21ClN2O. The highest BCUT2D eigenvalue weighted by atomic mass is 35.5. The Morgan fingerprint density at radius 3 is 2.75 bits per heavy atom. The monoisotopic (exact) mass is 244 g/mol. The highest BCUT2D eigenvalue weighted by Gasteiger charge is 2.04. The maximum Gasteiger partial charge on any atom is 0.0584 e. The quantitative estimate of drug-likeness (QED) is 0.671. The summed E-state index contributed by atoms with van der Waals surface area (Å²) in [5.41, 5.74) is 7.62. The molecule has 4 heteroatoms. The van der Waals surface area contributed by atoms with E-state index in [0.717, 1.165) is 30.6 Å². The molecule has 0 bridgehead atoms. The van der Waals surface area contributed by atoms with Gasteiger partial charge in [-0.15, -0.1) is 12.4 Å². The number of nitrogens with one attached hydrogen (secondary N) is 1. The SMILES string of the molecule is CCCC(CO)NCc1cccc(N)c1.Cl. The molecule has 4 N–H and O–H groups in total. The van der Waals surface area contributed by atoms with Crippen LogP contribution in [-0.4, -0.2) is 17.8 Å². The van der Waals surface area contributed by atoms with Crippen LogP contribution in [0.2, 0.25) is 0 Å².